The lowest BCUT2D eigenvalue weighted by atomic mass is 10.0. The number of carboxylic acids is 1. The molecule has 0 radical (unpaired) electrons. The van der Waals surface area contributed by atoms with Gasteiger partial charge in [0.05, 0.1) is 37.9 Å². The summed E-state index contributed by atoms with van der Waals surface area (Å²) in [4.78, 5) is 41.3. The second-order valence-corrected chi connectivity index (χ2v) is 12.2. The van der Waals surface area contributed by atoms with E-state index in [2.05, 4.69) is 26.1 Å². The summed E-state index contributed by atoms with van der Waals surface area (Å²) in [6.07, 6.45) is 0.905. The van der Waals surface area contributed by atoms with Crippen molar-refractivity contribution in [3.63, 3.8) is 0 Å². The number of carbonyl (C=O) groups excluding carboxylic acids is 2. The Morgan fingerprint density at radius 3 is 2.40 bits per heavy atom. The minimum atomic E-state index is -3.80. The minimum Gasteiger partial charge on any atom is -0.495 e. The highest BCUT2D eigenvalue weighted by Crippen LogP contribution is 2.27. The molecule has 1 heterocycles. The number of carboxylic acid groups (broad SMARTS) is 1. The van der Waals surface area contributed by atoms with Gasteiger partial charge in [-0.3, -0.25) is 9.59 Å². The van der Waals surface area contributed by atoms with Gasteiger partial charge in [-0.2, -0.15) is 4.98 Å². The second-order valence-electron chi connectivity index (χ2n) is 10.4. The van der Waals surface area contributed by atoms with E-state index in [9.17, 15) is 27.9 Å². The van der Waals surface area contributed by atoms with Crippen LogP contribution in [0.25, 0.3) is 0 Å². The number of amides is 3. The molecule has 3 amide bonds. The number of methoxy groups -OCH3 is 1. The van der Waals surface area contributed by atoms with E-state index < -0.39 is 34.1 Å². The van der Waals surface area contributed by atoms with E-state index in [0.717, 1.165) is 11.8 Å². The number of hydrogen-bond acceptors (Lipinski definition) is 9. The highest BCUT2D eigenvalue weighted by Gasteiger charge is 2.27. The van der Waals surface area contributed by atoms with Crippen LogP contribution >= 0.6 is 0 Å². The Balaban J connectivity index is 1.68. The lowest BCUT2D eigenvalue weighted by Crippen LogP contribution is -2.41. The quantitative estimate of drug-likeness (QED) is 0.179. The molecule has 2 atom stereocenters. The number of hydrogen-bond donors (Lipinski definition) is 5. The van der Waals surface area contributed by atoms with Gasteiger partial charge in [0, 0.05) is 5.69 Å². The highest BCUT2D eigenvalue weighted by molar-refractivity contribution is 7.88. The van der Waals surface area contributed by atoms with Crippen LogP contribution < -0.4 is 25.4 Å². The summed E-state index contributed by atoms with van der Waals surface area (Å²) in [5.74, 6) is -1.22. The Bertz CT molecular complexity index is 1560. The van der Waals surface area contributed by atoms with E-state index in [1.54, 1.807) is 24.3 Å². The second kappa shape index (κ2) is 14.6. The van der Waals surface area contributed by atoms with Crippen molar-refractivity contribution in [3.05, 3.63) is 65.3 Å². The van der Waals surface area contributed by atoms with E-state index >= 15 is 0 Å². The summed E-state index contributed by atoms with van der Waals surface area (Å²) in [6, 6.07) is 9.75. The number of para-hydroxylation sites is 1. The molecule has 0 spiro atoms. The summed E-state index contributed by atoms with van der Waals surface area (Å²) >= 11 is 0. The van der Waals surface area contributed by atoms with E-state index in [4.69, 9.17) is 9.26 Å². The van der Waals surface area contributed by atoms with Crippen LogP contribution in [0.5, 0.6) is 5.75 Å². The number of carbonyl (C=O) groups is 3. The zero-order chi connectivity index (χ0) is 31.7. The van der Waals surface area contributed by atoms with Crippen LogP contribution in [0.1, 0.15) is 49.2 Å². The molecule has 0 bridgehead atoms. The molecular weight excluding hydrogens is 580 g/mol. The number of sulfonamides is 1. The third-order valence-corrected chi connectivity index (χ3v) is 6.86. The smallest absolute Gasteiger partial charge is 0.323 e. The first-order valence-electron chi connectivity index (χ1n) is 13.4. The van der Waals surface area contributed by atoms with Crippen LogP contribution in [-0.4, -0.2) is 61.0 Å². The summed E-state index contributed by atoms with van der Waals surface area (Å²) < 4.78 is 35.6. The topological polar surface area (TPSA) is 202 Å². The monoisotopic (exact) mass is 616 g/mol. The van der Waals surface area contributed by atoms with Gasteiger partial charge in [0.2, 0.25) is 21.8 Å². The molecule has 0 aliphatic heterocycles. The fourth-order valence-electron chi connectivity index (χ4n) is 4.17. The number of aliphatic carboxylic acids is 1. The molecule has 5 N–H and O–H groups in total. The molecule has 0 aliphatic carbocycles. The van der Waals surface area contributed by atoms with Crippen molar-refractivity contribution in [1.82, 2.24) is 20.2 Å². The van der Waals surface area contributed by atoms with Crippen LogP contribution in [0.4, 0.5) is 16.2 Å². The van der Waals surface area contributed by atoms with Crippen molar-refractivity contribution < 1.29 is 37.2 Å². The standard InChI is InChI=1S/C28H36N6O8S/c1-16(2)12-21(26-32-25(42-33-26)15-22(27(36)37)34-43(5,39)40)29-24(35)14-18-10-11-20(23(13-18)41-4)31-28(38)30-19-9-7-6-8-17(19)3/h6-11,13,16,21-22,34H,12,14-15H2,1-5H3,(H,29,35)(H,36,37)(H2,30,31,38). The van der Waals surface area contributed by atoms with Gasteiger partial charge in [-0.15, -0.1) is 0 Å². The molecular formula is C28H36N6O8S. The van der Waals surface area contributed by atoms with E-state index in [-0.39, 0.29) is 36.4 Å². The number of benzene rings is 2. The van der Waals surface area contributed by atoms with Gasteiger partial charge in [-0.25, -0.2) is 17.9 Å². The van der Waals surface area contributed by atoms with Crippen molar-refractivity contribution in [2.24, 2.45) is 5.92 Å². The van der Waals surface area contributed by atoms with Crippen LogP contribution in [0.15, 0.2) is 47.0 Å². The van der Waals surface area contributed by atoms with Crippen molar-refractivity contribution in [2.45, 2.75) is 52.1 Å². The lowest BCUT2D eigenvalue weighted by Gasteiger charge is -2.18. The molecule has 2 aromatic carbocycles. The normalized spacial score (nSPS) is 12.8. The number of rotatable bonds is 14. The first kappa shape index (κ1) is 33.0. The Hall–Kier alpha value is -4.50. The number of nitrogens with one attached hydrogen (secondary N) is 4. The largest absolute Gasteiger partial charge is 0.495 e. The maximum Gasteiger partial charge on any atom is 0.323 e. The molecule has 15 heteroatoms. The third kappa shape index (κ3) is 10.4. The first-order valence-corrected chi connectivity index (χ1v) is 15.3. The zero-order valence-corrected chi connectivity index (χ0v) is 25.3. The van der Waals surface area contributed by atoms with Crippen molar-refractivity contribution in [2.75, 3.05) is 24.0 Å². The molecule has 43 heavy (non-hydrogen) atoms. The summed E-state index contributed by atoms with van der Waals surface area (Å²) in [5, 5.41) is 21.7. The average Bonchev–Trinajstić information content (AvgIpc) is 3.37. The molecule has 0 fully saturated rings. The molecule has 3 aromatic rings. The van der Waals surface area contributed by atoms with Gasteiger partial charge in [-0.1, -0.05) is 43.3 Å². The summed E-state index contributed by atoms with van der Waals surface area (Å²) in [5.41, 5.74) is 2.61. The fraction of sp³-hybridized carbons (Fsp3) is 0.393. The SMILES string of the molecule is COc1cc(CC(=O)NC(CC(C)C)c2noc(CC(NS(C)(=O)=O)C(=O)O)n2)ccc1NC(=O)Nc1ccccc1C. The highest BCUT2D eigenvalue weighted by atomic mass is 32.2. The number of ether oxygens (including phenoxy) is 1. The van der Waals surface area contributed by atoms with Crippen LogP contribution in [0.2, 0.25) is 0 Å². The van der Waals surface area contributed by atoms with E-state index in [0.29, 0.717) is 29.1 Å². The van der Waals surface area contributed by atoms with E-state index in [1.165, 1.54) is 7.11 Å². The molecule has 0 saturated heterocycles. The zero-order valence-electron chi connectivity index (χ0n) is 24.5. The fourth-order valence-corrected chi connectivity index (χ4v) is 4.87. The third-order valence-electron chi connectivity index (χ3n) is 6.14. The van der Waals surface area contributed by atoms with Crippen molar-refractivity contribution >= 4 is 39.3 Å². The molecule has 1 aromatic heterocycles. The van der Waals surface area contributed by atoms with Gasteiger partial charge < -0.3 is 30.3 Å². The van der Waals surface area contributed by atoms with Crippen LogP contribution in [0.3, 0.4) is 0 Å². The molecule has 2 unspecified atom stereocenters. The molecule has 0 saturated carbocycles. The van der Waals surface area contributed by atoms with E-state index in [1.807, 2.05) is 43.7 Å². The van der Waals surface area contributed by atoms with Gasteiger partial charge in [0.15, 0.2) is 5.82 Å². The molecule has 14 nitrogen and oxygen atoms in total. The maximum atomic E-state index is 13.0. The van der Waals surface area contributed by atoms with Crippen LogP contribution in [-0.2, 0) is 32.5 Å². The van der Waals surface area contributed by atoms with Gasteiger partial charge in [0.1, 0.15) is 11.8 Å². The summed E-state index contributed by atoms with van der Waals surface area (Å²) in [6.45, 7) is 5.78. The number of anilines is 2. The van der Waals surface area contributed by atoms with Gasteiger partial charge >= 0.3 is 12.0 Å². The molecule has 3 rings (SSSR count). The van der Waals surface area contributed by atoms with Crippen LogP contribution in [0, 0.1) is 12.8 Å². The Labute approximate surface area is 249 Å². The predicted molar refractivity (Wildman–Crippen MR) is 158 cm³/mol. The number of aromatic nitrogens is 2. The minimum absolute atomic E-state index is 0.0231. The summed E-state index contributed by atoms with van der Waals surface area (Å²) in [7, 11) is -2.34. The Morgan fingerprint density at radius 1 is 1.07 bits per heavy atom. The number of urea groups is 1. The Morgan fingerprint density at radius 2 is 1.77 bits per heavy atom. The molecule has 232 valence electrons. The first-order chi connectivity index (χ1) is 20.2. The Kier molecular flexibility index (Phi) is 11.2. The van der Waals surface area contributed by atoms with Crippen molar-refractivity contribution in [3.8, 4) is 5.75 Å². The molecule has 0 aliphatic rings. The van der Waals surface area contributed by atoms with Gasteiger partial charge in [0.25, 0.3) is 0 Å². The maximum absolute atomic E-state index is 13.0. The average molecular weight is 617 g/mol. The number of nitrogens with zero attached hydrogens (tertiary/aromatic N) is 2. The van der Waals surface area contributed by atoms with Crippen molar-refractivity contribution in [1.29, 1.82) is 0 Å². The number of aryl methyl sites for hydroxylation is 1. The predicted octanol–water partition coefficient (Wildman–Crippen LogP) is 3.02. The van der Waals surface area contributed by atoms with Gasteiger partial charge in [-0.05, 0) is 48.6 Å². The lowest BCUT2D eigenvalue weighted by molar-refractivity contribution is -0.139.